The van der Waals surface area contributed by atoms with Gasteiger partial charge in [0, 0.05) is 32.2 Å². The number of methoxy groups -OCH3 is 1. The lowest BCUT2D eigenvalue weighted by atomic mass is 9.99. The van der Waals surface area contributed by atoms with Gasteiger partial charge in [0.15, 0.2) is 11.5 Å². The zero-order valence-electron chi connectivity index (χ0n) is 13.8. The van der Waals surface area contributed by atoms with Crippen molar-refractivity contribution in [3.8, 4) is 11.5 Å². The standard InChI is InChI=1S/C18H28N2O2/c1-4-6-7-16(20-12-10-19-11-13-20)15-8-9-17(21-3)18(14-15)22-5-2/h4,8-9,14,16,19H,1,5-7,10-13H2,2-3H3/t16-/m0/s1. The number of piperazine rings is 1. The Morgan fingerprint density at radius 3 is 2.73 bits per heavy atom. The summed E-state index contributed by atoms with van der Waals surface area (Å²) < 4.78 is 11.1. The monoisotopic (exact) mass is 304 g/mol. The summed E-state index contributed by atoms with van der Waals surface area (Å²) in [6, 6.07) is 6.73. The molecule has 0 bridgehead atoms. The van der Waals surface area contributed by atoms with Crippen LogP contribution in [0.5, 0.6) is 11.5 Å². The molecule has 1 saturated heterocycles. The van der Waals surface area contributed by atoms with Crippen LogP contribution in [0.2, 0.25) is 0 Å². The van der Waals surface area contributed by atoms with Crippen LogP contribution in [0.1, 0.15) is 31.4 Å². The average molecular weight is 304 g/mol. The van der Waals surface area contributed by atoms with Crippen LogP contribution in [0, 0.1) is 0 Å². The third-order valence-electron chi connectivity index (χ3n) is 4.11. The number of nitrogens with one attached hydrogen (secondary N) is 1. The van der Waals surface area contributed by atoms with Crippen molar-refractivity contribution >= 4 is 0 Å². The van der Waals surface area contributed by atoms with Crippen LogP contribution in [-0.4, -0.2) is 44.8 Å². The maximum atomic E-state index is 5.73. The molecule has 0 amide bonds. The highest BCUT2D eigenvalue weighted by Crippen LogP contribution is 2.34. The van der Waals surface area contributed by atoms with Gasteiger partial charge in [-0.15, -0.1) is 6.58 Å². The number of ether oxygens (including phenoxy) is 2. The molecule has 1 heterocycles. The van der Waals surface area contributed by atoms with E-state index in [9.17, 15) is 0 Å². The molecule has 0 aliphatic carbocycles. The van der Waals surface area contributed by atoms with Gasteiger partial charge >= 0.3 is 0 Å². The number of benzene rings is 1. The molecular formula is C18H28N2O2. The quantitative estimate of drug-likeness (QED) is 0.749. The lowest BCUT2D eigenvalue weighted by Gasteiger charge is -2.35. The molecule has 2 rings (SSSR count). The number of rotatable bonds is 8. The first-order valence-corrected chi connectivity index (χ1v) is 8.16. The van der Waals surface area contributed by atoms with Crippen LogP contribution in [0.15, 0.2) is 30.9 Å². The number of allylic oxidation sites excluding steroid dienone is 1. The summed E-state index contributed by atoms with van der Waals surface area (Å²) in [5.41, 5.74) is 1.30. The van der Waals surface area contributed by atoms with E-state index in [1.165, 1.54) is 5.56 Å². The molecule has 0 unspecified atom stereocenters. The van der Waals surface area contributed by atoms with Gasteiger partial charge < -0.3 is 14.8 Å². The zero-order chi connectivity index (χ0) is 15.8. The third kappa shape index (κ3) is 4.24. The van der Waals surface area contributed by atoms with Crippen molar-refractivity contribution in [2.45, 2.75) is 25.8 Å². The Hall–Kier alpha value is -1.52. The predicted molar refractivity (Wildman–Crippen MR) is 90.8 cm³/mol. The molecule has 1 fully saturated rings. The molecule has 1 atom stereocenters. The first-order chi connectivity index (χ1) is 10.8. The number of hydrogen-bond donors (Lipinski definition) is 1. The highest BCUT2D eigenvalue weighted by molar-refractivity contribution is 5.44. The fourth-order valence-corrected chi connectivity index (χ4v) is 3.00. The number of hydrogen-bond acceptors (Lipinski definition) is 4. The minimum atomic E-state index is 0.408. The molecule has 1 aromatic carbocycles. The molecule has 1 aliphatic rings. The molecule has 0 spiro atoms. The lowest BCUT2D eigenvalue weighted by molar-refractivity contribution is 0.165. The Bertz CT molecular complexity index is 470. The summed E-state index contributed by atoms with van der Waals surface area (Å²) >= 11 is 0. The van der Waals surface area contributed by atoms with Gasteiger partial charge in [-0.05, 0) is 37.5 Å². The van der Waals surface area contributed by atoms with Gasteiger partial charge in [0.1, 0.15) is 0 Å². The van der Waals surface area contributed by atoms with Crippen LogP contribution in [0.3, 0.4) is 0 Å². The van der Waals surface area contributed by atoms with E-state index in [1.54, 1.807) is 7.11 Å². The van der Waals surface area contributed by atoms with Gasteiger partial charge in [0.25, 0.3) is 0 Å². The normalized spacial score (nSPS) is 17.0. The Kier molecular flexibility index (Phi) is 6.74. The Balaban J connectivity index is 2.24. The van der Waals surface area contributed by atoms with E-state index < -0.39 is 0 Å². The Morgan fingerprint density at radius 1 is 1.32 bits per heavy atom. The SMILES string of the molecule is C=CCC[C@@H](c1ccc(OC)c(OCC)c1)N1CCNCC1. The molecular weight excluding hydrogens is 276 g/mol. The van der Waals surface area contributed by atoms with E-state index in [-0.39, 0.29) is 0 Å². The van der Waals surface area contributed by atoms with E-state index in [0.717, 1.165) is 50.5 Å². The Labute approximate surface area is 134 Å². The van der Waals surface area contributed by atoms with E-state index in [0.29, 0.717) is 12.6 Å². The van der Waals surface area contributed by atoms with E-state index in [2.05, 4.69) is 28.9 Å². The van der Waals surface area contributed by atoms with Crippen molar-refractivity contribution in [3.63, 3.8) is 0 Å². The summed E-state index contributed by atoms with van der Waals surface area (Å²) in [6.07, 6.45) is 4.11. The van der Waals surface area contributed by atoms with Crippen molar-refractivity contribution in [2.24, 2.45) is 0 Å². The number of nitrogens with zero attached hydrogens (tertiary/aromatic N) is 1. The summed E-state index contributed by atoms with van der Waals surface area (Å²) in [7, 11) is 1.68. The molecule has 4 heteroatoms. The predicted octanol–water partition coefficient (Wildman–Crippen LogP) is 3.01. The molecule has 1 N–H and O–H groups in total. The average Bonchev–Trinajstić information content (AvgIpc) is 2.57. The minimum absolute atomic E-state index is 0.408. The van der Waals surface area contributed by atoms with Crippen molar-refractivity contribution < 1.29 is 9.47 Å². The van der Waals surface area contributed by atoms with Gasteiger partial charge in [0.2, 0.25) is 0 Å². The maximum absolute atomic E-state index is 5.73. The van der Waals surface area contributed by atoms with E-state index >= 15 is 0 Å². The molecule has 0 aromatic heterocycles. The molecule has 1 aromatic rings. The van der Waals surface area contributed by atoms with E-state index in [1.807, 2.05) is 19.1 Å². The smallest absolute Gasteiger partial charge is 0.161 e. The van der Waals surface area contributed by atoms with Gasteiger partial charge in [-0.2, -0.15) is 0 Å². The molecule has 122 valence electrons. The topological polar surface area (TPSA) is 33.7 Å². The van der Waals surface area contributed by atoms with Crippen molar-refractivity contribution in [1.82, 2.24) is 10.2 Å². The highest BCUT2D eigenvalue weighted by atomic mass is 16.5. The molecule has 4 nitrogen and oxygen atoms in total. The van der Waals surface area contributed by atoms with Crippen molar-refractivity contribution in [1.29, 1.82) is 0 Å². The zero-order valence-corrected chi connectivity index (χ0v) is 13.8. The second-order valence-electron chi connectivity index (χ2n) is 5.51. The first kappa shape index (κ1) is 16.8. The van der Waals surface area contributed by atoms with Gasteiger partial charge in [-0.3, -0.25) is 4.90 Å². The van der Waals surface area contributed by atoms with Gasteiger partial charge in [-0.25, -0.2) is 0 Å². The van der Waals surface area contributed by atoms with Crippen LogP contribution in [-0.2, 0) is 0 Å². The summed E-state index contributed by atoms with van der Waals surface area (Å²) in [6.45, 7) is 10.8. The summed E-state index contributed by atoms with van der Waals surface area (Å²) in [4.78, 5) is 2.55. The summed E-state index contributed by atoms with van der Waals surface area (Å²) in [5.74, 6) is 1.63. The van der Waals surface area contributed by atoms with Gasteiger partial charge in [0.05, 0.1) is 13.7 Å². The molecule has 0 radical (unpaired) electrons. The van der Waals surface area contributed by atoms with E-state index in [4.69, 9.17) is 9.47 Å². The summed E-state index contributed by atoms with van der Waals surface area (Å²) in [5, 5.41) is 3.42. The fraction of sp³-hybridized carbons (Fsp3) is 0.556. The largest absolute Gasteiger partial charge is 0.493 e. The van der Waals surface area contributed by atoms with Crippen molar-refractivity contribution in [3.05, 3.63) is 36.4 Å². The maximum Gasteiger partial charge on any atom is 0.161 e. The molecule has 22 heavy (non-hydrogen) atoms. The second-order valence-corrected chi connectivity index (χ2v) is 5.51. The minimum Gasteiger partial charge on any atom is -0.493 e. The second kappa shape index (κ2) is 8.81. The van der Waals surface area contributed by atoms with Crippen LogP contribution in [0.4, 0.5) is 0 Å². The van der Waals surface area contributed by atoms with Gasteiger partial charge in [-0.1, -0.05) is 12.1 Å². The first-order valence-electron chi connectivity index (χ1n) is 8.16. The fourth-order valence-electron chi connectivity index (χ4n) is 3.00. The lowest BCUT2D eigenvalue weighted by Crippen LogP contribution is -2.45. The third-order valence-corrected chi connectivity index (χ3v) is 4.11. The van der Waals surface area contributed by atoms with Crippen LogP contribution in [0.25, 0.3) is 0 Å². The van der Waals surface area contributed by atoms with Crippen LogP contribution >= 0.6 is 0 Å². The van der Waals surface area contributed by atoms with Crippen LogP contribution < -0.4 is 14.8 Å². The molecule has 1 aliphatic heterocycles. The Morgan fingerprint density at radius 2 is 2.09 bits per heavy atom. The highest BCUT2D eigenvalue weighted by Gasteiger charge is 2.22. The molecule has 0 saturated carbocycles. The van der Waals surface area contributed by atoms with Crippen molar-refractivity contribution in [2.75, 3.05) is 39.9 Å².